The summed E-state index contributed by atoms with van der Waals surface area (Å²) in [5, 5.41) is 23.4. The monoisotopic (exact) mass is 383 g/mol. The van der Waals surface area contributed by atoms with Gasteiger partial charge in [0.25, 0.3) is 5.91 Å². The predicted molar refractivity (Wildman–Crippen MR) is 101 cm³/mol. The molecule has 0 radical (unpaired) electrons. The first kappa shape index (κ1) is 17.7. The Labute approximate surface area is 159 Å². The van der Waals surface area contributed by atoms with Crippen LogP contribution >= 0.6 is 23.2 Å². The molecule has 0 aliphatic carbocycles. The highest BCUT2D eigenvalue weighted by atomic mass is 35.5. The zero-order chi connectivity index (χ0) is 18.5. The Kier molecular flexibility index (Phi) is 5.32. The van der Waals surface area contributed by atoms with Crippen molar-refractivity contribution >= 4 is 46.3 Å². The molecule has 0 bridgehead atoms. The van der Waals surface area contributed by atoms with E-state index in [1.165, 1.54) is 6.07 Å². The number of nitriles is 1. The van der Waals surface area contributed by atoms with Gasteiger partial charge in [0.1, 0.15) is 0 Å². The van der Waals surface area contributed by atoms with Crippen LogP contribution in [-0.4, -0.2) is 16.1 Å². The van der Waals surface area contributed by atoms with E-state index in [1.807, 2.05) is 6.07 Å². The van der Waals surface area contributed by atoms with Crippen LogP contribution in [0.2, 0.25) is 10.0 Å². The van der Waals surface area contributed by atoms with Crippen molar-refractivity contribution in [2.75, 3.05) is 10.6 Å². The topological polar surface area (TPSA) is 90.7 Å². The molecule has 1 amide bonds. The van der Waals surface area contributed by atoms with Gasteiger partial charge in [-0.3, -0.25) is 4.79 Å². The second-order valence-corrected chi connectivity index (χ2v) is 6.11. The third-order valence-electron chi connectivity index (χ3n) is 3.28. The van der Waals surface area contributed by atoms with Gasteiger partial charge >= 0.3 is 0 Å². The smallest absolute Gasteiger partial charge is 0.276 e. The van der Waals surface area contributed by atoms with Crippen LogP contribution in [0.3, 0.4) is 0 Å². The number of halogens is 2. The SMILES string of the molecule is N#Cc1cccc(NC(=O)c2ccc(Nc3cc(Cl)cc(Cl)c3)nn2)c1. The largest absolute Gasteiger partial charge is 0.339 e. The maximum Gasteiger partial charge on any atom is 0.276 e. The van der Waals surface area contributed by atoms with E-state index in [9.17, 15) is 4.79 Å². The first-order valence-corrected chi connectivity index (χ1v) is 8.17. The van der Waals surface area contributed by atoms with Gasteiger partial charge in [0.05, 0.1) is 11.6 Å². The number of benzene rings is 2. The minimum Gasteiger partial charge on any atom is -0.339 e. The van der Waals surface area contributed by atoms with Crippen molar-refractivity contribution in [1.82, 2.24) is 10.2 Å². The second-order valence-electron chi connectivity index (χ2n) is 5.23. The highest BCUT2D eigenvalue weighted by molar-refractivity contribution is 6.35. The highest BCUT2D eigenvalue weighted by Gasteiger charge is 2.09. The van der Waals surface area contributed by atoms with Crippen molar-refractivity contribution in [2.24, 2.45) is 0 Å². The molecule has 2 aromatic carbocycles. The van der Waals surface area contributed by atoms with Crippen molar-refractivity contribution < 1.29 is 4.79 Å². The molecule has 2 N–H and O–H groups in total. The van der Waals surface area contributed by atoms with E-state index in [1.54, 1.807) is 48.5 Å². The van der Waals surface area contributed by atoms with Crippen LogP contribution in [0, 0.1) is 11.3 Å². The number of aromatic nitrogens is 2. The zero-order valence-corrected chi connectivity index (χ0v) is 14.7. The molecule has 3 aromatic rings. The predicted octanol–water partition coefficient (Wildman–Crippen LogP) is 4.65. The number of carbonyl (C=O) groups is 1. The Hall–Kier alpha value is -3.14. The summed E-state index contributed by atoms with van der Waals surface area (Å²) in [5.41, 5.74) is 1.75. The molecule has 0 spiro atoms. The van der Waals surface area contributed by atoms with Gasteiger partial charge < -0.3 is 10.6 Å². The summed E-state index contributed by atoms with van der Waals surface area (Å²) in [5.74, 6) is 0.0105. The Morgan fingerprint density at radius 2 is 1.73 bits per heavy atom. The summed E-state index contributed by atoms with van der Waals surface area (Å²) in [6, 6.07) is 16.8. The first-order valence-electron chi connectivity index (χ1n) is 7.42. The molecule has 0 saturated carbocycles. The van der Waals surface area contributed by atoms with Gasteiger partial charge in [-0.2, -0.15) is 5.26 Å². The van der Waals surface area contributed by atoms with Crippen molar-refractivity contribution in [1.29, 1.82) is 5.26 Å². The first-order chi connectivity index (χ1) is 12.5. The van der Waals surface area contributed by atoms with Gasteiger partial charge in [-0.1, -0.05) is 29.3 Å². The standard InChI is InChI=1S/C18H11Cl2N5O/c19-12-7-13(20)9-15(8-12)22-17-5-4-16(24-25-17)18(26)23-14-3-1-2-11(6-14)10-21/h1-9H,(H,22,25)(H,23,26). The normalized spacial score (nSPS) is 10.0. The summed E-state index contributed by atoms with van der Waals surface area (Å²) in [4.78, 5) is 12.2. The average molecular weight is 384 g/mol. The minimum absolute atomic E-state index is 0.141. The van der Waals surface area contributed by atoms with E-state index in [-0.39, 0.29) is 5.69 Å². The summed E-state index contributed by atoms with van der Waals surface area (Å²) in [7, 11) is 0. The van der Waals surface area contributed by atoms with Gasteiger partial charge in [-0.25, -0.2) is 0 Å². The summed E-state index contributed by atoms with van der Waals surface area (Å²) in [6.45, 7) is 0. The van der Waals surface area contributed by atoms with Gasteiger partial charge in [-0.05, 0) is 48.5 Å². The lowest BCUT2D eigenvalue weighted by molar-refractivity contribution is 0.102. The van der Waals surface area contributed by atoms with Gasteiger partial charge in [0.15, 0.2) is 11.5 Å². The third-order valence-corrected chi connectivity index (χ3v) is 3.72. The number of carbonyl (C=O) groups excluding carboxylic acids is 1. The van der Waals surface area contributed by atoms with E-state index in [2.05, 4.69) is 20.8 Å². The maximum absolute atomic E-state index is 12.2. The molecule has 0 aliphatic heterocycles. The summed E-state index contributed by atoms with van der Waals surface area (Å²) in [6.07, 6.45) is 0. The van der Waals surface area contributed by atoms with E-state index in [0.717, 1.165) is 0 Å². The third kappa shape index (κ3) is 4.48. The number of hydrogen-bond donors (Lipinski definition) is 2. The highest BCUT2D eigenvalue weighted by Crippen LogP contribution is 2.24. The molecule has 1 heterocycles. The molecule has 0 aliphatic rings. The Morgan fingerprint density at radius 1 is 0.962 bits per heavy atom. The number of nitrogens with zero attached hydrogens (tertiary/aromatic N) is 3. The molecular formula is C18H11Cl2N5O. The van der Waals surface area contributed by atoms with Crippen molar-refractivity contribution in [2.45, 2.75) is 0 Å². The summed E-state index contributed by atoms with van der Waals surface area (Å²) < 4.78 is 0. The van der Waals surface area contributed by atoms with E-state index < -0.39 is 5.91 Å². The Balaban J connectivity index is 1.70. The lowest BCUT2D eigenvalue weighted by Crippen LogP contribution is -2.14. The van der Waals surface area contributed by atoms with E-state index >= 15 is 0 Å². The van der Waals surface area contributed by atoms with Gasteiger partial charge in [-0.15, -0.1) is 10.2 Å². The molecule has 6 nitrogen and oxygen atoms in total. The molecule has 3 rings (SSSR count). The molecule has 26 heavy (non-hydrogen) atoms. The molecule has 1 aromatic heterocycles. The van der Waals surface area contributed by atoms with Crippen LogP contribution in [0.15, 0.2) is 54.6 Å². The Morgan fingerprint density at radius 3 is 2.38 bits per heavy atom. The van der Waals surface area contributed by atoms with Crippen LogP contribution in [0.1, 0.15) is 16.1 Å². The Bertz CT molecular complexity index is 979. The van der Waals surface area contributed by atoms with Gasteiger partial charge in [0.2, 0.25) is 0 Å². The maximum atomic E-state index is 12.2. The lowest BCUT2D eigenvalue weighted by atomic mass is 10.2. The molecule has 0 saturated heterocycles. The quantitative estimate of drug-likeness (QED) is 0.683. The average Bonchev–Trinajstić information content (AvgIpc) is 2.61. The number of nitrogens with one attached hydrogen (secondary N) is 2. The van der Waals surface area contributed by atoms with Crippen molar-refractivity contribution in [3.63, 3.8) is 0 Å². The van der Waals surface area contributed by atoms with Crippen LogP contribution in [0.4, 0.5) is 17.2 Å². The number of rotatable bonds is 4. The van der Waals surface area contributed by atoms with Gasteiger partial charge in [0, 0.05) is 21.4 Å². The minimum atomic E-state index is -0.426. The van der Waals surface area contributed by atoms with Crippen LogP contribution in [0.5, 0.6) is 0 Å². The lowest BCUT2D eigenvalue weighted by Gasteiger charge is -2.07. The number of hydrogen-bond acceptors (Lipinski definition) is 5. The van der Waals surface area contributed by atoms with Crippen LogP contribution < -0.4 is 10.6 Å². The van der Waals surface area contributed by atoms with E-state index in [0.29, 0.717) is 32.8 Å². The number of amides is 1. The zero-order valence-electron chi connectivity index (χ0n) is 13.2. The van der Waals surface area contributed by atoms with Crippen molar-refractivity contribution in [3.8, 4) is 6.07 Å². The molecule has 128 valence electrons. The fourth-order valence-corrected chi connectivity index (χ4v) is 2.68. The molecule has 0 fully saturated rings. The molecule has 0 atom stereocenters. The van der Waals surface area contributed by atoms with E-state index in [4.69, 9.17) is 28.5 Å². The second kappa shape index (κ2) is 7.83. The fourth-order valence-electron chi connectivity index (χ4n) is 2.16. The van der Waals surface area contributed by atoms with Crippen molar-refractivity contribution in [3.05, 3.63) is 75.9 Å². The molecule has 0 unspecified atom stereocenters. The summed E-state index contributed by atoms with van der Waals surface area (Å²) >= 11 is 11.9. The van der Waals surface area contributed by atoms with Crippen LogP contribution in [-0.2, 0) is 0 Å². The number of anilines is 3. The van der Waals surface area contributed by atoms with Crippen LogP contribution in [0.25, 0.3) is 0 Å². The molecular weight excluding hydrogens is 373 g/mol. The fraction of sp³-hybridized carbons (Fsp3) is 0. The molecule has 8 heteroatoms.